The van der Waals surface area contributed by atoms with E-state index < -0.39 is 0 Å². The number of rotatable bonds is 4. The van der Waals surface area contributed by atoms with Crippen LogP contribution < -0.4 is 5.32 Å². The van der Waals surface area contributed by atoms with Crippen molar-refractivity contribution in [3.05, 3.63) is 35.4 Å². The average Bonchev–Trinajstić information content (AvgIpc) is 2.82. The highest BCUT2D eigenvalue weighted by Crippen LogP contribution is 2.27. The van der Waals surface area contributed by atoms with Crippen molar-refractivity contribution in [1.29, 1.82) is 0 Å². The summed E-state index contributed by atoms with van der Waals surface area (Å²) in [6.07, 6.45) is 2.55. The maximum Gasteiger partial charge on any atom is 0.0141 e. The molecule has 16 heavy (non-hydrogen) atoms. The number of nitrogens with one attached hydrogen (secondary N) is 1. The van der Waals surface area contributed by atoms with Gasteiger partial charge in [-0.3, -0.25) is 0 Å². The molecule has 0 bridgehead atoms. The summed E-state index contributed by atoms with van der Waals surface area (Å²) in [4.78, 5) is 0. The van der Waals surface area contributed by atoms with Crippen molar-refractivity contribution in [2.45, 2.75) is 25.8 Å². The van der Waals surface area contributed by atoms with Crippen molar-refractivity contribution < 1.29 is 0 Å². The predicted molar refractivity (Wildman–Crippen MR) is 73.2 cm³/mol. The average molecular weight is 235 g/mol. The minimum Gasteiger partial charge on any atom is -0.316 e. The SMILES string of the molecule is CNC(Cc1ccc(C)cc1)C1CCSC1. The topological polar surface area (TPSA) is 12.0 Å². The number of likely N-dealkylation sites (N-methyl/N-ethyl adjacent to an activating group) is 1. The zero-order valence-electron chi connectivity index (χ0n) is 10.2. The third-order valence-corrected chi connectivity index (χ3v) is 4.67. The molecule has 1 aromatic carbocycles. The summed E-state index contributed by atoms with van der Waals surface area (Å²) in [5.74, 6) is 3.53. The fourth-order valence-corrected chi connectivity index (χ4v) is 3.69. The van der Waals surface area contributed by atoms with Gasteiger partial charge in [0.1, 0.15) is 0 Å². The molecule has 1 saturated heterocycles. The van der Waals surface area contributed by atoms with E-state index in [1.807, 2.05) is 0 Å². The lowest BCUT2D eigenvalue weighted by Crippen LogP contribution is -2.35. The van der Waals surface area contributed by atoms with Gasteiger partial charge in [-0.05, 0) is 49.8 Å². The molecule has 1 aromatic rings. The van der Waals surface area contributed by atoms with E-state index in [2.05, 4.69) is 55.3 Å². The van der Waals surface area contributed by atoms with Crippen LogP contribution in [0.1, 0.15) is 17.5 Å². The van der Waals surface area contributed by atoms with Gasteiger partial charge in [-0.1, -0.05) is 29.8 Å². The van der Waals surface area contributed by atoms with Crippen molar-refractivity contribution in [2.24, 2.45) is 5.92 Å². The zero-order valence-corrected chi connectivity index (χ0v) is 11.0. The largest absolute Gasteiger partial charge is 0.316 e. The maximum absolute atomic E-state index is 3.49. The third kappa shape index (κ3) is 3.02. The molecule has 1 fully saturated rings. The molecule has 0 radical (unpaired) electrons. The molecular weight excluding hydrogens is 214 g/mol. The van der Waals surface area contributed by atoms with Crippen LogP contribution in [-0.2, 0) is 6.42 Å². The number of aryl methyl sites for hydroxylation is 1. The predicted octanol–water partition coefficient (Wildman–Crippen LogP) is 2.88. The fourth-order valence-electron chi connectivity index (χ4n) is 2.35. The Morgan fingerprint density at radius 3 is 2.69 bits per heavy atom. The number of benzene rings is 1. The minimum atomic E-state index is 0.651. The van der Waals surface area contributed by atoms with Crippen LogP contribution in [0.15, 0.2) is 24.3 Å². The highest BCUT2D eigenvalue weighted by atomic mass is 32.2. The molecule has 0 saturated carbocycles. The van der Waals surface area contributed by atoms with Crippen molar-refractivity contribution >= 4 is 11.8 Å². The van der Waals surface area contributed by atoms with Crippen LogP contribution in [0.25, 0.3) is 0 Å². The molecule has 2 unspecified atom stereocenters. The van der Waals surface area contributed by atoms with E-state index in [4.69, 9.17) is 0 Å². The summed E-state index contributed by atoms with van der Waals surface area (Å²) in [5, 5.41) is 3.49. The summed E-state index contributed by atoms with van der Waals surface area (Å²) in [5.41, 5.74) is 2.81. The van der Waals surface area contributed by atoms with E-state index in [1.54, 1.807) is 0 Å². The Hall–Kier alpha value is -0.470. The Balaban J connectivity index is 1.97. The first-order valence-electron chi connectivity index (χ1n) is 6.10. The summed E-state index contributed by atoms with van der Waals surface area (Å²) in [7, 11) is 2.10. The Labute approximate surface area is 103 Å². The van der Waals surface area contributed by atoms with Crippen LogP contribution in [0.3, 0.4) is 0 Å². The molecular formula is C14H21NS. The highest BCUT2D eigenvalue weighted by Gasteiger charge is 2.24. The van der Waals surface area contributed by atoms with Crippen LogP contribution >= 0.6 is 11.8 Å². The number of thioether (sulfide) groups is 1. The van der Waals surface area contributed by atoms with Crippen molar-refractivity contribution in [3.63, 3.8) is 0 Å². The van der Waals surface area contributed by atoms with Crippen LogP contribution in [0, 0.1) is 12.8 Å². The Morgan fingerprint density at radius 2 is 2.12 bits per heavy atom. The molecule has 1 aliphatic rings. The second kappa shape index (κ2) is 5.74. The second-order valence-corrected chi connectivity index (χ2v) is 5.86. The van der Waals surface area contributed by atoms with Crippen LogP contribution in [-0.4, -0.2) is 24.6 Å². The molecule has 1 nitrogen and oxygen atoms in total. The van der Waals surface area contributed by atoms with Gasteiger partial charge in [-0.25, -0.2) is 0 Å². The van der Waals surface area contributed by atoms with Crippen LogP contribution in [0.2, 0.25) is 0 Å². The molecule has 0 aromatic heterocycles. The first-order chi connectivity index (χ1) is 7.79. The van der Waals surface area contributed by atoms with Crippen LogP contribution in [0.5, 0.6) is 0 Å². The minimum absolute atomic E-state index is 0.651. The summed E-state index contributed by atoms with van der Waals surface area (Å²) in [6, 6.07) is 9.61. The lowest BCUT2D eigenvalue weighted by molar-refractivity contribution is 0.404. The van der Waals surface area contributed by atoms with E-state index in [-0.39, 0.29) is 0 Å². The second-order valence-electron chi connectivity index (χ2n) is 4.71. The van der Waals surface area contributed by atoms with E-state index in [0.29, 0.717) is 6.04 Å². The van der Waals surface area contributed by atoms with Crippen molar-refractivity contribution in [1.82, 2.24) is 5.32 Å². The molecule has 2 rings (SSSR count). The van der Waals surface area contributed by atoms with E-state index >= 15 is 0 Å². The Bertz CT molecular complexity index is 314. The smallest absolute Gasteiger partial charge is 0.0141 e. The first kappa shape index (κ1) is 12.0. The van der Waals surface area contributed by atoms with Crippen LogP contribution in [0.4, 0.5) is 0 Å². The fraction of sp³-hybridized carbons (Fsp3) is 0.571. The van der Waals surface area contributed by atoms with E-state index in [9.17, 15) is 0 Å². The summed E-state index contributed by atoms with van der Waals surface area (Å²) >= 11 is 2.10. The Kier molecular flexibility index (Phi) is 4.30. The molecule has 0 amide bonds. The normalized spacial score (nSPS) is 22.2. The number of hydrogen-bond donors (Lipinski definition) is 1. The maximum atomic E-state index is 3.49. The van der Waals surface area contributed by atoms with E-state index in [0.717, 1.165) is 5.92 Å². The van der Waals surface area contributed by atoms with Gasteiger partial charge in [0.05, 0.1) is 0 Å². The molecule has 1 aliphatic heterocycles. The lowest BCUT2D eigenvalue weighted by atomic mass is 9.93. The first-order valence-corrected chi connectivity index (χ1v) is 7.25. The molecule has 1 heterocycles. The van der Waals surface area contributed by atoms with Gasteiger partial charge >= 0.3 is 0 Å². The zero-order chi connectivity index (χ0) is 11.4. The molecule has 2 heteroatoms. The van der Waals surface area contributed by atoms with Crippen molar-refractivity contribution in [2.75, 3.05) is 18.6 Å². The number of hydrogen-bond acceptors (Lipinski definition) is 2. The van der Waals surface area contributed by atoms with Gasteiger partial charge < -0.3 is 5.32 Å². The molecule has 1 N–H and O–H groups in total. The quantitative estimate of drug-likeness (QED) is 0.861. The standard InChI is InChI=1S/C14H21NS/c1-11-3-5-12(6-4-11)9-14(15-2)13-7-8-16-10-13/h3-6,13-15H,7-10H2,1-2H3. The summed E-state index contributed by atoms with van der Waals surface area (Å²) < 4.78 is 0. The summed E-state index contributed by atoms with van der Waals surface area (Å²) in [6.45, 7) is 2.15. The van der Waals surface area contributed by atoms with Crippen molar-refractivity contribution in [3.8, 4) is 0 Å². The Morgan fingerprint density at radius 1 is 1.38 bits per heavy atom. The monoisotopic (exact) mass is 235 g/mol. The van der Waals surface area contributed by atoms with Gasteiger partial charge in [0.25, 0.3) is 0 Å². The molecule has 88 valence electrons. The van der Waals surface area contributed by atoms with Gasteiger partial charge in [-0.2, -0.15) is 11.8 Å². The van der Waals surface area contributed by atoms with E-state index in [1.165, 1.54) is 35.5 Å². The van der Waals surface area contributed by atoms with Gasteiger partial charge in [0.2, 0.25) is 0 Å². The van der Waals surface area contributed by atoms with Gasteiger partial charge in [0.15, 0.2) is 0 Å². The molecule has 0 spiro atoms. The third-order valence-electron chi connectivity index (χ3n) is 3.48. The highest BCUT2D eigenvalue weighted by molar-refractivity contribution is 7.99. The van der Waals surface area contributed by atoms with Gasteiger partial charge in [0, 0.05) is 6.04 Å². The molecule has 0 aliphatic carbocycles. The lowest BCUT2D eigenvalue weighted by Gasteiger charge is -2.22. The van der Waals surface area contributed by atoms with Gasteiger partial charge in [-0.15, -0.1) is 0 Å². The molecule has 2 atom stereocenters.